The quantitative estimate of drug-likeness (QED) is 0.0222. The number of aliphatic hydroxyl groups excluding tert-OH is 1. The molecular weight excluding hydrogens is 1110 g/mol. The number of unbranched alkanes of at least 4 members (excludes halogenated alkanes) is 30. The Labute approximate surface area is 511 Å². The van der Waals surface area contributed by atoms with Crippen molar-refractivity contribution in [2.45, 2.75) is 336 Å². The molecule has 0 heterocycles. The van der Waals surface area contributed by atoms with Gasteiger partial charge in [-0.2, -0.15) is 0 Å². The molecule has 0 bridgehead atoms. The Morgan fingerprint density at radius 1 is 0.345 bits per heavy atom. The lowest BCUT2D eigenvalue weighted by molar-refractivity contribution is -0.161. The monoisotopic (exact) mass is 1240 g/mol. The fourth-order valence-electron chi connectivity index (χ4n) is 9.62. The summed E-state index contributed by atoms with van der Waals surface area (Å²) in [6, 6.07) is 0. The Bertz CT molecular complexity index is 1670. The first-order valence-electron chi connectivity index (χ1n) is 33.9. The predicted molar refractivity (Wildman–Crippen MR) is 335 cm³/mol. The molecule has 3 N–H and O–H groups in total. The van der Waals surface area contributed by atoms with Crippen LogP contribution in [0.3, 0.4) is 0 Å². The summed E-state index contributed by atoms with van der Waals surface area (Å²) in [6.07, 6.45) is 37.8. The van der Waals surface area contributed by atoms with Crippen LogP contribution in [0, 0.1) is 17.8 Å². The molecule has 17 nitrogen and oxygen atoms in total. The van der Waals surface area contributed by atoms with Crippen molar-refractivity contribution in [3.8, 4) is 0 Å². The van der Waals surface area contributed by atoms with Crippen LogP contribution in [-0.4, -0.2) is 96.7 Å². The molecule has 498 valence electrons. The third-order valence-corrected chi connectivity index (χ3v) is 17.1. The predicted octanol–water partition coefficient (Wildman–Crippen LogP) is 17.9. The lowest BCUT2D eigenvalue weighted by Crippen LogP contribution is -2.30. The van der Waals surface area contributed by atoms with Gasteiger partial charge in [0, 0.05) is 25.7 Å². The van der Waals surface area contributed by atoms with E-state index in [9.17, 15) is 43.2 Å². The van der Waals surface area contributed by atoms with Gasteiger partial charge in [-0.25, -0.2) is 9.13 Å². The van der Waals surface area contributed by atoms with E-state index in [-0.39, 0.29) is 25.7 Å². The van der Waals surface area contributed by atoms with Crippen LogP contribution in [-0.2, 0) is 65.4 Å². The van der Waals surface area contributed by atoms with Crippen LogP contribution in [0.2, 0.25) is 0 Å². The molecule has 0 fully saturated rings. The summed E-state index contributed by atoms with van der Waals surface area (Å²) in [6.45, 7) is 11.7. The number of ether oxygens (including phenoxy) is 4. The van der Waals surface area contributed by atoms with Crippen LogP contribution in [0.15, 0.2) is 0 Å². The Kier molecular flexibility index (Phi) is 55.0. The standard InChI is InChI=1S/C65H126O17P2/c1-8-10-11-29-39-46-62(67)75-52-60(81-65(70)49-42-35-28-22-21-25-32-38-45-58(7)9-2)54-79-83(71,72)77-50-59(66)51-78-84(73,74)80-55-61(53-76-63(68)47-40-33-26-19-16-15-18-24-31-37-44-57(5)6)82-64(69)48-41-34-27-20-14-12-13-17-23-30-36-43-56(3)4/h56-61,66H,8-55H2,1-7H3,(H,71,72)(H,73,74)/t58?,59-,60+,61+/m0/s1. The zero-order valence-corrected chi connectivity index (χ0v) is 56.1. The van der Waals surface area contributed by atoms with Gasteiger partial charge in [-0.05, 0) is 43.4 Å². The Hall–Kier alpha value is -1.94. The van der Waals surface area contributed by atoms with Crippen LogP contribution in [0.25, 0.3) is 0 Å². The van der Waals surface area contributed by atoms with Crippen molar-refractivity contribution in [1.82, 2.24) is 0 Å². The fourth-order valence-corrected chi connectivity index (χ4v) is 11.2. The maximum absolute atomic E-state index is 13.0. The first-order chi connectivity index (χ1) is 40.3. The van der Waals surface area contributed by atoms with Crippen LogP contribution in [0.1, 0.15) is 318 Å². The minimum absolute atomic E-state index is 0.104. The molecule has 84 heavy (non-hydrogen) atoms. The molecule has 0 aromatic rings. The highest BCUT2D eigenvalue weighted by atomic mass is 31.2. The van der Waals surface area contributed by atoms with Gasteiger partial charge in [-0.3, -0.25) is 37.3 Å². The summed E-state index contributed by atoms with van der Waals surface area (Å²) in [5, 5.41) is 10.5. The summed E-state index contributed by atoms with van der Waals surface area (Å²) in [5.41, 5.74) is 0. The molecule has 0 saturated carbocycles. The summed E-state index contributed by atoms with van der Waals surface area (Å²) in [7, 11) is -9.88. The normalized spacial score (nSPS) is 14.7. The smallest absolute Gasteiger partial charge is 0.462 e. The van der Waals surface area contributed by atoms with Crippen molar-refractivity contribution in [2.24, 2.45) is 17.8 Å². The summed E-state index contributed by atoms with van der Waals surface area (Å²) in [5.74, 6) is 0.149. The van der Waals surface area contributed by atoms with Gasteiger partial charge in [-0.15, -0.1) is 0 Å². The van der Waals surface area contributed by atoms with Crippen molar-refractivity contribution >= 4 is 39.5 Å². The van der Waals surface area contributed by atoms with Crippen molar-refractivity contribution in [3.63, 3.8) is 0 Å². The number of rotatable bonds is 63. The molecule has 19 heteroatoms. The number of carbonyl (C=O) groups is 4. The van der Waals surface area contributed by atoms with E-state index in [1.54, 1.807) is 0 Å². The first-order valence-corrected chi connectivity index (χ1v) is 36.9. The van der Waals surface area contributed by atoms with Gasteiger partial charge in [0.2, 0.25) is 0 Å². The van der Waals surface area contributed by atoms with E-state index < -0.39 is 97.5 Å². The Morgan fingerprint density at radius 3 is 0.905 bits per heavy atom. The number of carbonyl (C=O) groups excluding carboxylic acids is 4. The van der Waals surface area contributed by atoms with Gasteiger partial charge in [0.25, 0.3) is 0 Å². The maximum atomic E-state index is 13.0. The number of aliphatic hydroxyl groups is 1. The average Bonchev–Trinajstić information content (AvgIpc) is 3.46. The van der Waals surface area contributed by atoms with Crippen LogP contribution in [0.5, 0.6) is 0 Å². The van der Waals surface area contributed by atoms with E-state index in [2.05, 4.69) is 48.5 Å². The maximum Gasteiger partial charge on any atom is 0.472 e. The van der Waals surface area contributed by atoms with Crippen molar-refractivity contribution in [2.75, 3.05) is 39.6 Å². The fraction of sp³-hybridized carbons (Fsp3) is 0.938. The highest BCUT2D eigenvalue weighted by Crippen LogP contribution is 2.45. The molecule has 0 radical (unpaired) electrons. The number of phosphoric acid groups is 2. The second kappa shape index (κ2) is 56.3. The van der Waals surface area contributed by atoms with Crippen LogP contribution < -0.4 is 0 Å². The van der Waals surface area contributed by atoms with E-state index in [1.165, 1.54) is 122 Å². The minimum atomic E-state index is -4.95. The van der Waals surface area contributed by atoms with E-state index >= 15 is 0 Å². The first kappa shape index (κ1) is 82.1. The molecule has 0 rings (SSSR count). The molecule has 3 unspecified atom stereocenters. The summed E-state index contributed by atoms with van der Waals surface area (Å²) >= 11 is 0. The average molecular weight is 1240 g/mol. The van der Waals surface area contributed by atoms with Crippen LogP contribution in [0.4, 0.5) is 0 Å². The SMILES string of the molecule is CCCCCCCC(=O)OC[C@H](COP(=O)(O)OC[C@H](O)COP(=O)(O)OC[C@@H](COC(=O)CCCCCCCCCCCCC(C)C)OC(=O)CCCCCCCCCCCCCC(C)C)OC(=O)CCCCCCCCCCC(C)CC. The van der Waals surface area contributed by atoms with Gasteiger partial charge in [0.1, 0.15) is 19.3 Å². The van der Waals surface area contributed by atoms with Crippen LogP contribution >= 0.6 is 15.6 Å². The molecule has 0 aliphatic heterocycles. The molecule has 0 aliphatic carbocycles. The molecular formula is C65H126O17P2. The molecule has 6 atom stereocenters. The van der Waals surface area contributed by atoms with Crippen molar-refractivity contribution in [3.05, 3.63) is 0 Å². The van der Waals surface area contributed by atoms with Gasteiger partial charge < -0.3 is 33.8 Å². The number of esters is 4. The highest BCUT2D eigenvalue weighted by Gasteiger charge is 2.30. The third kappa shape index (κ3) is 57.8. The van der Waals surface area contributed by atoms with Gasteiger partial charge in [0.05, 0.1) is 26.4 Å². The number of hydrogen-bond acceptors (Lipinski definition) is 15. The molecule has 0 saturated heterocycles. The Balaban J connectivity index is 5.19. The third-order valence-electron chi connectivity index (χ3n) is 15.2. The van der Waals surface area contributed by atoms with E-state index in [0.717, 1.165) is 114 Å². The molecule has 0 aliphatic rings. The molecule has 0 amide bonds. The van der Waals surface area contributed by atoms with Gasteiger partial charge in [-0.1, -0.05) is 267 Å². The van der Waals surface area contributed by atoms with Gasteiger partial charge in [0.15, 0.2) is 12.2 Å². The second-order valence-corrected chi connectivity index (χ2v) is 27.6. The second-order valence-electron chi connectivity index (χ2n) is 24.7. The number of phosphoric ester groups is 2. The Morgan fingerprint density at radius 2 is 0.607 bits per heavy atom. The largest absolute Gasteiger partial charge is 0.472 e. The zero-order valence-electron chi connectivity index (χ0n) is 54.4. The van der Waals surface area contributed by atoms with E-state index in [4.69, 9.17) is 37.0 Å². The zero-order chi connectivity index (χ0) is 62.4. The minimum Gasteiger partial charge on any atom is -0.462 e. The van der Waals surface area contributed by atoms with E-state index in [0.29, 0.717) is 25.7 Å². The number of hydrogen-bond donors (Lipinski definition) is 3. The van der Waals surface area contributed by atoms with Crippen molar-refractivity contribution < 1.29 is 80.2 Å². The van der Waals surface area contributed by atoms with Gasteiger partial charge >= 0.3 is 39.5 Å². The lowest BCUT2D eigenvalue weighted by Gasteiger charge is -2.21. The van der Waals surface area contributed by atoms with Crippen molar-refractivity contribution in [1.29, 1.82) is 0 Å². The molecule has 0 aromatic carbocycles. The molecule has 0 aromatic heterocycles. The topological polar surface area (TPSA) is 237 Å². The lowest BCUT2D eigenvalue weighted by atomic mass is 9.99. The highest BCUT2D eigenvalue weighted by molar-refractivity contribution is 7.47. The summed E-state index contributed by atoms with van der Waals surface area (Å²) < 4.78 is 67.9. The summed E-state index contributed by atoms with van der Waals surface area (Å²) in [4.78, 5) is 72.1. The molecule has 0 spiro atoms. The van der Waals surface area contributed by atoms with E-state index in [1.807, 2.05) is 0 Å².